The highest BCUT2D eigenvalue weighted by atomic mass is 32.2. The second kappa shape index (κ2) is 9.23. The topological polar surface area (TPSA) is 47.0 Å². The predicted molar refractivity (Wildman–Crippen MR) is 71.8 cm³/mol. The number of hydrogen-bond donors (Lipinski definition) is 1. The van der Waals surface area contributed by atoms with E-state index < -0.39 is 0 Å². The van der Waals surface area contributed by atoms with Crippen LogP contribution in [0.5, 0.6) is 0 Å². The molecule has 4 nitrogen and oxygen atoms in total. The Morgan fingerprint density at radius 3 is 2.81 bits per heavy atom. The number of ether oxygens (including phenoxy) is 1. The first-order valence-corrected chi connectivity index (χ1v) is 8.09. The normalized spacial score (nSPS) is 10.9. The molecule has 7 heteroatoms. The average Bonchev–Trinajstić information content (AvgIpc) is 2.76. The Morgan fingerprint density at radius 1 is 1.31 bits per heavy atom. The summed E-state index contributed by atoms with van der Waals surface area (Å²) in [5, 5.41) is 11.5. The van der Waals surface area contributed by atoms with Crippen molar-refractivity contribution < 1.29 is 4.74 Å². The van der Waals surface area contributed by atoms with Crippen LogP contribution in [0, 0.1) is 0 Å². The molecule has 92 valence electrons. The largest absolute Gasteiger partial charge is 0.383 e. The highest BCUT2D eigenvalue weighted by Crippen LogP contribution is 2.27. The van der Waals surface area contributed by atoms with Crippen molar-refractivity contribution in [2.24, 2.45) is 0 Å². The molecule has 1 heterocycles. The van der Waals surface area contributed by atoms with Gasteiger partial charge >= 0.3 is 0 Å². The molecule has 1 aromatic heterocycles. The molecule has 0 spiro atoms. The van der Waals surface area contributed by atoms with E-state index in [1.54, 1.807) is 42.0 Å². The first kappa shape index (κ1) is 14.2. The quantitative estimate of drug-likeness (QED) is 0.551. The lowest BCUT2D eigenvalue weighted by Crippen LogP contribution is -2.20. The molecule has 0 aliphatic rings. The number of methoxy groups -OCH3 is 1. The van der Waals surface area contributed by atoms with E-state index in [0.717, 1.165) is 40.5 Å². The number of hydrogen-bond acceptors (Lipinski definition) is 7. The van der Waals surface area contributed by atoms with Gasteiger partial charge in [-0.25, -0.2) is 0 Å². The number of nitrogens with zero attached hydrogens (tertiary/aromatic N) is 2. The summed E-state index contributed by atoms with van der Waals surface area (Å²) in [6, 6.07) is 0. The van der Waals surface area contributed by atoms with Crippen molar-refractivity contribution in [3.63, 3.8) is 0 Å². The van der Waals surface area contributed by atoms with E-state index in [0.29, 0.717) is 0 Å². The zero-order valence-corrected chi connectivity index (χ0v) is 12.0. The summed E-state index contributed by atoms with van der Waals surface area (Å²) in [5.74, 6) is 1.09. The summed E-state index contributed by atoms with van der Waals surface area (Å²) in [7, 11) is 1.72. The van der Waals surface area contributed by atoms with Crippen LogP contribution < -0.4 is 5.32 Å². The van der Waals surface area contributed by atoms with Crippen LogP contribution >= 0.6 is 34.9 Å². The lowest BCUT2D eigenvalue weighted by Gasteiger charge is -2.02. The SMILES string of the molecule is COCCNCCCSc1nnc(SC)s1. The molecule has 0 aliphatic heterocycles. The van der Waals surface area contributed by atoms with E-state index in [4.69, 9.17) is 4.74 Å². The van der Waals surface area contributed by atoms with Crippen LogP contribution in [0.25, 0.3) is 0 Å². The Bertz CT molecular complexity index is 283. The fraction of sp³-hybridized carbons (Fsp3) is 0.778. The van der Waals surface area contributed by atoms with E-state index >= 15 is 0 Å². The van der Waals surface area contributed by atoms with Gasteiger partial charge < -0.3 is 10.1 Å². The fourth-order valence-corrected chi connectivity index (χ4v) is 3.44. The van der Waals surface area contributed by atoms with E-state index in [1.165, 1.54) is 0 Å². The number of nitrogens with one attached hydrogen (secondary N) is 1. The van der Waals surface area contributed by atoms with Gasteiger partial charge in [0.15, 0.2) is 8.68 Å². The summed E-state index contributed by atoms with van der Waals surface area (Å²) in [6.07, 6.45) is 3.16. The maximum atomic E-state index is 4.95. The second-order valence-corrected chi connectivity index (χ2v) is 6.36. The summed E-state index contributed by atoms with van der Waals surface area (Å²) < 4.78 is 7.06. The van der Waals surface area contributed by atoms with E-state index in [-0.39, 0.29) is 0 Å². The van der Waals surface area contributed by atoms with E-state index in [9.17, 15) is 0 Å². The predicted octanol–water partition coefficient (Wildman–Crippen LogP) is 1.98. The van der Waals surface area contributed by atoms with Crippen LogP contribution in [0.1, 0.15) is 6.42 Å². The van der Waals surface area contributed by atoms with Crippen LogP contribution in [-0.4, -0.2) is 49.0 Å². The maximum Gasteiger partial charge on any atom is 0.175 e. The van der Waals surface area contributed by atoms with Crippen molar-refractivity contribution >= 4 is 34.9 Å². The highest BCUT2D eigenvalue weighted by molar-refractivity contribution is 8.02. The Morgan fingerprint density at radius 2 is 2.12 bits per heavy atom. The van der Waals surface area contributed by atoms with Gasteiger partial charge in [0.2, 0.25) is 0 Å². The smallest absolute Gasteiger partial charge is 0.175 e. The minimum absolute atomic E-state index is 0.778. The van der Waals surface area contributed by atoms with Crippen molar-refractivity contribution in [2.45, 2.75) is 15.1 Å². The van der Waals surface area contributed by atoms with Gasteiger partial charge in [-0.3, -0.25) is 0 Å². The summed E-state index contributed by atoms with van der Waals surface area (Å²) >= 11 is 5.10. The van der Waals surface area contributed by atoms with Gasteiger partial charge in [-0.1, -0.05) is 34.9 Å². The summed E-state index contributed by atoms with van der Waals surface area (Å²) in [5.41, 5.74) is 0. The molecule has 0 saturated heterocycles. The Balaban J connectivity index is 1.98. The van der Waals surface area contributed by atoms with Crippen molar-refractivity contribution in [3.8, 4) is 0 Å². The lowest BCUT2D eigenvalue weighted by molar-refractivity contribution is 0.199. The number of thioether (sulfide) groups is 2. The number of aromatic nitrogens is 2. The molecule has 0 saturated carbocycles. The van der Waals surface area contributed by atoms with Crippen molar-refractivity contribution in [1.29, 1.82) is 0 Å². The van der Waals surface area contributed by atoms with Crippen LogP contribution in [0.2, 0.25) is 0 Å². The van der Waals surface area contributed by atoms with E-state index in [2.05, 4.69) is 15.5 Å². The third-order valence-corrected chi connectivity index (χ3v) is 4.89. The molecule has 0 fully saturated rings. The van der Waals surface area contributed by atoms with Gasteiger partial charge in [-0.05, 0) is 19.2 Å². The molecule has 0 unspecified atom stereocenters. The first-order chi connectivity index (χ1) is 7.86. The molecule has 0 bridgehead atoms. The van der Waals surface area contributed by atoms with Crippen LogP contribution in [0.15, 0.2) is 8.68 Å². The minimum atomic E-state index is 0.778. The lowest BCUT2D eigenvalue weighted by atomic mass is 10.5. The van der Waals surface area contributed by atoms with Crippen molar-refractivity contribution in [1.82, 2.24) is 15.5 Å². The first-order valence-electron chi connectivity index (χ1n) is 5.06. The minimum Gasteiger partial charge on any atom is -0.383 e. The Labute approximate surface area is 109 Å². The number of rotatable bonds is 9. The summed E-state index contributed by atoms with van der Waals surface area (Å²) in [4.78, 5) is 0. The van der Waals surface area contributed by atoms with Gasteiger partial charge in [0.25, 0.3) is 0 Å². The van der Waals surface area contributed by atoms with Gasteiger partial charge in [-0.2, -0.15) is 0 Å². The molecule has 1 N–H and O–H groups in total. The molecule has 0 atom stereocenters. The van der Waals surface area contributed by atoms with Crippen molar-refractivity contribution in [2.75, 3.05) is 38.8 Å². The summed E-state index contributed by atoms with van der Waals surface area (Å²) in [6.45, 7) is 2.74. The third-order valence-electron chi connectivity index (χ3n) is 1.77. The molecule has 1 aromatic rings. The average molecular weight is 279 g/mol. The zero-order chi connectivity index (χ0) is 11.6. The maximum absolute atomic E-state index is 4.95. The molecular formula is C9H17N3OS3. The van der Waals surface area contributed by atoms with Crippen LogP contribution in [0.3, 0.4) is 0 Å². The van der Waals surface area contributed by atoms with Gasteiger partial charge in [0.05, 0.1) is 6.61 Å². The van der Waals surface area contributed by atoms with Crippen LogP contribution in [0.4, 0.5) is 0 Å². The third kappa shape index (κ3) is 6.05. The van der Waals surface area contributed by atoms with Gasteiger partial charge in [0.1, 0.15) is 0 Å². The van der Waals surface area contributed by atoms with Crippen LogP contribution in [-0.2, 0) is 4.74 Å². The van der Waals surface area contributed by atoms with Gasteiger partial charge in [0, 0.05) is 19.4 Å². The Kier molecular flexibility index (Phi) is 8.22. The highest BCUT2D eigenvalue weighted by Gasteiger charge is 2.02. The van der Waals surface area contributed by atoms with Gasteiger partial charge in [-0.15, -0.1) is 10.2 Å². The molecule has 0 aliphatic carbocycles. The molecule has 1 rings (SSSR count). The molecule has 16 heavy (non-hydrogen) atoms. The molecule has 0 amide bonds. The molecule has 0 aromatic carbocycles. The standard InChI is InChI=1S/C9H17N3OS3/c1-13-6-5-10-4-3-7-15-9-12-11-8(14-2)16-9/h10H,3-7H2,1-2H3. The molecule has 0 radical (unpaired) electrons. The Hall–Kier alpha value is 0.180. The van der Waals surface area contributed by atoms with E-state index in [1.807, 2.05) is 6.26 Å². The molecular weight excluding hydrogens is 262 g/mol. The second-order valence-electron chi connectivity index (χ2n) is 2.98. The zero-order valence-electron chi connectivity index (χ0n) is 9.56. The fourth-order valence-electron chi connectivity index (χ4n) is 0.994. The van der Waals surface area contributed by atoms with Crippen molar-refractivity contribution in [3.05, 3.63) is 0 Å². The monoisotopic (exact) mass is 279 g/mol.